The third-order valence-electron chi connectivity index (χ3n) is 1.81. The summed E-state index contributed by atoms with van der Waals surface area (Å²) in [5.41, 5.74) is 2.77. The predicted octanol–water partition coefficient (Wildman–Crippen LogP) is 1.52. The Labute approximate surface area is 92.1 Å². The minimum Gasteiger partial charge on any atom is -0.434 e. The third-order valence-corrected chi connectivity index (χ3v) is 1.81. The summed E-state index contributed by atoms with van der Waals surface area (Å²) in [5.74, 6) is 5.63. The highest BCUT2D eigenvalue weighted by atomic mass is 19.3. The smallest absolute Gasteiger partial charge is 0.387 e. The molecule has 0 atom stereocenters. The van der Waals surface area contributed by atoms with Gasteiger partial charge in [-0.2, -0.15) is 8.78 Å². The summed E-state index contributed by atoms with van der Waals surface area (Å²) < 4.78 is 28.6. The molecule has 0 aliphatic rings. The number of alkyl halides is 2. The molecule has 0 saturated heterocycles. The summed E-state index contributed by atoms with van der Waals surface area (Å²) in [6, 6.07) is 6.33. The average molecular weight is 229 g/mol. The molecule has 88 valence electrons. The third kappa shape index (κ3) is 3.16. The standard InChI is InChI=1S/C10H13F2N3O/c1-2-14-9(15-13)7-5-3-4-6-8(7)16-10(11)12/h3-6,10H,2,13H2,1H3,(H,14,15). The lowest BCUT2D eigenvalue weighted by Gasteiger charge is -2.11. The van der Waals surface area contributed by atoms with Gasteiger partial charge in [-0.25, -0.2) is 5.84 Å². The Hall–Kier alpha value is -1.69. The van der Waals surface area contributed by atoms with Gasteiger partial charge in [-0.15, -0.1) is 0 Å². The molecule has 0 aromatic heterocycles. The first kappa shape index (κ1) is 12.4. The normalized spacial score (nSPS) is 11.7. The van der Waals surface area contributed by atoms with Crippen molar-refractivity contribution in [2.75, 3.05) is 6.54 Å². The van der Waals surface area contributed by atoms with Crippen LogP contribution in [0.1, 0.15) is 12.5 Å². The van der Waals surface area contributed by atoms with Crippen molar-refractivity contribution in [1.82, 2.24) is 5.43 Å². The van der Waals surface area contributed by atoms with Gasteiger partial charge in [0.25, 0.3) is 0 Å². The lowest BCUT2D eigenvalue weighted by molar-refractivity contribution is -0.0499. The maximum absolute atomic E-state index is 12.1. The molecule has 0 aliphatic carbocycles. The van der Waals surface area contributed by atoms with E-state index in [0.29, 0.717) is 17.9 Å². The Morgan fingerprint density at radius 3 is 2.75 bits per heavy atom. The van der Waals surface area contributed by atoms with E-state index in [0.717, 1.165) is 0 Å². The van der Waals surface area contributed by atoms with Gasteiger partial charge in [0, 0.05) is 6.54 Å². The topological polar surface area (TPSA) is 59.6 Å². The molecule has 16 heavy (non-hydrogen) atoms. The average Bonchev–Trinajstić information content (AvgIpc) is 2.26. The number of nitrogens with one attached hydrogen (secondary N) is 1. The van der Waals surface area contributed by atoms with Crippen LogP contribution in [0.4, 0.5) is 8.78 Å². The number of hydrazine groups is 1. The van der Waals surface area contributed by atoms with Gasteiger partial charge in [-0.3, -0.25) is 4.99 Å². The second-order valence-electron chi connectivity index (χ2n) is 2.84. The summed E-state index contributed by atoms with van der Waals surface area (Å²) in [7, 11) is 0. The number of benzene rings is 1. The Morgan fingerprint density at radius 2 is 2.19 bits per heavy atom. The van der Waals surface area contributed by atoms with Crippen LogP contribution >= 0.6 is 0 Å². The van der Waals surface area contributed by atoms with E-state index >= 15 is 0 Å². The lowest BCUT2D eigenvalue weighted by Crippen LogP contribution is -2.31. The number of rotatable bonds is 4. The molecule has 1 rings (SSSR count). The second kappa shape index (κ2) is 6.02. The first-order valence-electron chi connectivity index (χ1n) is 4.74. The van der Waals surface area contributed by atoms with E-state index in [9.17, 15) is 8.78 Å². The van der Waals surface area contributed by atoms with E-state index in [1.54, 1.807) is 18.2 Å². The van der Waals surface area contributed by atoms with Gasteiger partial charge in [0.05, 0.1) is 5.56 Å². The number of nitrogens with zero attached hydrogens (tertiary/aromatic N) is 1. The molecule has 0 spiro atoms. The highest BCUT2D eigenvalue weighted by Crippen LogP contribution is 2.20. The van der Waals surface area contributed by atoms with Crippen molar-refractivity contribution >= 4 is 5.84 Å². The molecule has 0 aliphatic heterocycles. The Bertz CT molecular complexity index is 369. The molecule has 0 fully saturated rings. The predicted molar refractivity (Wildman–Crippen MR) is 57.5 cm³/mol. The fourth-order valence-electron chi connectivity index (χ4n) is 1.23. The second-order valence-corrected chi connectivity index (χ2v) is 2.84. The molecule has 3 N–H and O–H groups in total. The summed E-state index contributed by atoms with van der Waals surface area (Å²) in [6.07, 6.45) is 0. The molecular weight excluding hydrogens is 216 g/mol. The lowest BCUT2D eigenvalue weighted by atomic mass is 10.2. The summed E-state index contributed by atoms with van der Waals surface area (Å²) in [5, 5.41) is 0. The molecular formula is C10H13F2N3O. The number of para-hydroxylation sites is 1. The van der Waals surface area contributed by atoms with Crippen molar-refractivity contribution in [3.05, 3.63) is 29.8 Å². The zero-order valence-corrected chi connectivity index (χ0v) is 8.78. The summed E-state index contributed by atoms with van der Waals surface area (Å²) in [4.78, 5) is 4.04. The van der Waals surface area contributed by atoms with Gasteiger partial charge in [-0.05, 0) is 19.1 Å². The number of hydrogen-bond acceptors (Lipinski definition) is 3. The fourth-order valence-corrected chi connectivity index (χ4v) is 1.23. The molecule has 0 unspecified atom stereocenters. The Balaban J connectivity index is 3.06. The number of nitrogens with two attached hydrogens (primary N) is 1. The van der Waals surface area contributed by atoms with E-state index in [1.807, 2.05) is 6.92 Å². The molecule has 0 heterocycles. The molecule has 0 bridgehead atoms. The minimum atomic E-state index is -2.87. The number of amidine groups is 1. The number of aliphatic imine (C=N–C) groups is 1. The monoisotopic (exact) mass is 229 g/mol. The molecule has 0 saturated carbocycles. The molecule has 6 heteroatoms. The SMILES string of the molecule is CCN=C(NN)c1ccccc1OC(F)F. The number of hydrogen-bond donors (Lipinski definition) is 2. The van der Waals surface area contributed by atoms with Crippen molar-refractivity contribution in [2.45, 2.75) is 13.5 Å². The zero-order chi connectivity index (χ0) is 12.0. The number of halogens is 2. The van der Waals surface area contributed by atoms with Gasteiger partial charge in [-0.1, -0.05) is 12.1 Å². The van der Waals surface area contributed by atoms with Crippen LogP contribution < -0.4 is 16.0 Å². The van der Waals surface area contributed by atoms with Crippen LogP contribution in [0, 0.1) is 0 Å². The maximum atomic E-state index is 12.1. The summed E-state index contributed by atoms with van der Waals surface area (Å²) >= 11 is 0. The van der Waals surface area contributed by atoms with E-state index in [2.05, 4.69) is 15.2 Å². The first-order valence-corrected chi connectivity index (χ1v) is 4.74. The van der Waals surface area contributed by atoms with Gasteiger partial charge >= 0.3 is 6.61 Å². The molecule has 0 amide bonds. The highest BCUT2D eigenvalue weighted by Gasteiger charge is 2.12. The van der Waals surface area contributed by atoms with E-state index in [-0.39, 0.29) is 5.75 Å². The molecule has 4 nitrogen and oxygen atoms in total. The summed E-state index contributed by atoms with van der Waals surface area (Å²) in [6.45, 7) is -0.571. The largest absolute Gasteiger partial charge is 0.434 e. The van der Waals surface area contributed by atoms with Gasteiger partial charge in [0.15, 0.2) is 0 Å². The van der Waals surface area contributed by atoms with Crippen molar-refractivity contribution < 1.29 is 13.5 Å². The molecule has 1 aromatic carbocycles. The van der Waals surface area contributed by atoms with Gasteiger partial charge in [0.2, 0.25) is 0 Å². The van der Waals surface area contributed by atoms with Crippen molar-refractivity contribution in [2.24, 2.45) is 10.8 Å². The number of ether oxygens (including phenoxy) is 1. The van der Waals surface area contributed by atoms with E-state index in [4.69, 9.17) is 5.84 Å². The van der Waals surface area contributed by atoms with Crippen LogP contribution in [0.2, 0.25) is 0 Å². The van der Waals surface area contributed by atoms with Crippen LogP contribution in [0.25, 0.3) is 0 Å². The van der Waals surface area contributed by atoms with Crippen LogP contribution in [0.15, 0.2) is 29.3 Å². The Kier molecular flexibility index (Phi) is 4.65. The van der Waals surface area contributed by atoms with E-state index < -0.39 is 6.61 Å². The maximum Gasteiger partial charge on any atom is 0.387 e. The van der Waals surface area contributed by atoms with Crippen LogP contribution in [0.3, 0.4) is 0 Å². The van der Waals surface area contributed by atoms with Crippen LogP contribution in [-0.4, -0.2) is 19.0 Å². The Morgan fingerprint density at radius 1 is 1.50 bits per heavy atom. The molecule has 0 radical (unpaired) electrons. The zero-order valence-electron chi connectivity index (χ0n) is 8.78. The van der Waals surface area contributed by atoms with Gasteiger partial charge < -0.3 is 10.2 Å². The molecule has 1 aromatic rings. The van der Waals surface area contributed by atoms with Crippen molar-refractivity contribution in [3.8, 4) is 5.75 Å². The van der Waals surface area contributed by atoms with Crippen LogP contribution in [-0.2, 0) is 0 Å². The van der Waals surface area contributed by atoms with E-state index in [1.165, 1.54) is 6.07 Å². The first-order chi connectivity index (χ1) is 7.69. The fraction of sp³-hybridized carbons (Fsp3) is 0.300. The highest BCUT2D eigenvalue weighted by molar-refractivity contribution is 6.00. The van der Waals surface area contributed by atoms with Crippen molar-refractivity contribution in [1.29, 1.82) is 0 Å². The van der Waals surface area contributed by atoms with Crippen LogP contribution in [0.5, 0.6) is 5.75 Å². The van der Waals surface area contributed by atoms with Crippen molar-refractivity contribution in [3.63, 3.8) is 0 Å². The minimum absolute atomic E-state index is 0.0441. The van der Waals surface area contributed by atoms with Gasteiger partial charge in [0.1, 0.15) is 11.6 Å². The quantitative estimate of drug-likeness (QED) is 0.356.